The van der Waals surface area contributed by atoms with Crippen molar-refractivity contribution < 1.29 is 9.90 Å². The van der Waals surface area contributed by atoms with E-state index >= 15 is 0 Å². The fourth-order valence-corrected chi connectivity index (χ4v) is 3.31. The van der Waals surface area contributed by atoms with Gasteiger partial charge in [0.2, 0.25) is 0 Å². The van der Waals surface area contributed by atoms with Crippen molar-refractivity contribution in [1.82, 2.24) is 15.5 Å². The minimum absolute atomic E-state index is 0.215. The van der Waals surface area contributed by atoms with Gasteiger partial charge in [0, 0.05) is 38.6 Å². The molecule has 3 N–H and O–H groups in total. The van der Waals surface area contributed by atoms with E-state index in [4.69, 9.17) is 0 Å². The predicted octanol–water partition coefficient (Wildman–Crippen LogP) is -0.265. The van der Waals surface area contributed by atoms with Gasteiger partial charge in [0.1, 0.15) is 5.54 Å². The van der Waals surface area contributed by atoms with Crippen LogP contribution < -0.4 is 10.6 Å². The van der Waals surface area contributed by atoms with Crippen LogP contribution in [0.25, 0.3) is 0 Å². The zero-order valence-electron chi connectivity index (χ0n) is 10.5. The lowest BCUT2D eigenvalue weighted by Gasteiger charge is -2.49. The van der Waals surface area contributed by atoms with Gasteiger partial charge >= 0.3 is 5.97 Å². The summed E-state index contributed by atoms with van der Waals surface area (Å²) in [5, 5.41) is 16.4. The number of piperidine rings is 1. The van der Waals surface area contributed by atoms with Gasteiger partial charge < -0.3 is 15.7 Å². The Morgan fingerprint density at radius 1 is 1.35 bits per heavy atom. The van der Waals surface area contributed by atoms with Crippen LogP contribution in [0.3, 0.4) is 0 Å². The lowest BCUT2D eigenvalue weighted by Crippen LogP contribution is -2.67. The van der Waals surface area contributed by atoms with Gasteiger partial charge in [0.05, 0.1) is 0 Å². The van der Waals surface area contributed by atoms with Crippen LogP contribution in [-0.2, 0) is 4.79 Å². The third-order valence-corrected chi connectivity index (χ3v) is 4.29. The van der Waals surface area contributed by atoms with Crippen molar-refractivity contribution in [1.29, 1.82) is 0 Å². The van der Waals surface area contributed by atoms with Gasteiger partial charge in [-0.2, -0.15) is 0 Å². The fourth-order valence-electron chi connectivity index (χ4n) is 3.31. The monoisotopic (exact) mass is 241 g/mol. The number of hydrogen-bond acceptors (Lipinski definition) is 4. The third-order valence-electron chi connectivity index (χ3n) is 4.29. The van der Waals surface area contributed by atoms with E-state index in [-0.39, 0.29) is 5.92 Å². The molecule has 2 atom stereocenters. The molecule has 0 aromatic rings. The number of carbonyl (C=O) groups is 1. The van der Waals surface area contributed by atoms with Gasteiger partial charge in [-0.05, 0) is 19.4 Å². The van der Waals surface area contributed by atoms with Gasteiger partial charge in [-0.1, -0.05) is 6.92 Å². The van der Waals surface area contributed by atoms with Crippen molar-refractivity contribution in [3.63, 3.8) is 0 Å². The van der Waals surface area contributed by atoms with Gasteiger partial charge in [0.15, 0.2) is 0 Å². The quantitative estimate of drug-likeness (QED) is 0.635. The molecule has 17 heavy (non-hydrogen) atoms. The van der Waals surface area contributed by atoms with Crippen molar-refractivity contribution in [2.24, 2.45) is 5.92 Å². The molecule has 0 aromatic carbocycles. The molecule has 2 unspecified atom stereocenters. The van der Waals surface area contributed by atoms with E-state index < -0.39 is 11.5 Å². The third kappa shape index (κ3) is 2.19. The molecule has 0 amide bonds. The SMILES string of the molecule is CCC1CNCCC1(C(=O)O)N1CCNCC1. The van der Waals surface area contributed by atoms with Gasteiger partial charge in [-0.25, -0.2) is 0 Å². The molecule has 0 bridgehead atoms. The predicted molar refractivity (Wildman–Crippen MR) is 66.1 cm³/mol. The summed E-state index contributed by atoms with van der Waals surface area (Å²) >= 11 is 0. The fraction of sp³-hybridized carbons (Fsp3) is 0.917. The summed E-state index contributed by atoms with van der Waals surface area (Å²) in [7, 11) is 0. The van der Waals surface area contributed by atoms with Gasteiger partial charge in [-0.3, -0.25) is 9.69 Å². The molecule has 0 spiro atoms. The summed E-state index contributed by atoms with van der Waals surface area (Å²) < 4.78 is 0. The van der Waals surface area contributed by atoms with Crippen LogP contribution in [0, 0.1) is 5.92 Å². The number of nitrogens with zero attached hydrogens (tertiary/aromatic N) is 1. The smallest absolute Gasteiger partial charge is 0.324 e. The van der Waals surface area contributed by atoms with Gasteiger partial charge in [0.25, 0.3) is 0 Å². The van der Waals surface area contributed by atoms with E-state index in [2.05, 4.69) is 22.5 Å². The zero-order chi connectivity index (χ0) is 12.3. The average Bonchev–Trinajstić information content (AvgIpc) is 2.39. The number of carboxylic acid groups (broad SMARTS) is 1. The lowest BCUT2D eigenvalue weighted by atomic mass is 9.75. The van der Waals surface area contributed by atoms with Crippen LogP contribution in [0.2, 0.25) is 0 Å². The molecule has 2 fully saturated rings. The Kier molecular flexibility index (Phi) is 4.01. The van der Waals surface area contributed by atoms with Crippen molar-refractivity contribution in [2.75, 3.05) is 39.3 Å². The second kappa shape index (κ2) is 5.33. The lowest BCUT2D eigenvalue weighted by molar-refractivity contribution is -0.159. The number of hydrogen-bond donors (Lipinski definition) is 3. The molecule has 5 heteroatoms. The summed E-state index contributed by atoms with van der Waals surface area (Å²) in [6.45, 7) is 7.24. The molecular formula is C12H23N3O2. The van der Waals surface area contributed by atoms with E-state index in [1.807, 2.05) is 0 Å². The normalized spacial score (nSPS) is 35.7. The molecule has 2 rings (SSSR count). The molecule has 2 heterocycles. The molecule has 5 nitrogen and oxygen atoms in total. The second-order valence-electron chi connectivity index (χ2n) is 5.03. The van der Waals surface area contributed by atoms with Crippen molar-refractivity contribution in [3.8, 4) is 0 Å². The Balaban J connectivity index is 2.25. The maximum Gasteiger partial charge on any atom is 0.324 e. The van der Waals surface area contributed by atoms with Crippen LogP contribution in [0.1, 0.15) is 19.8 Å². The summed E-state index contributed by atoms with van der Waals surface area (Å²) in [6.07, 6.45) is 1.64. The Labute approximate surface area is 103 Å². The molecule has 98 valence electrons. The summed E-state index contributed by atoms with van der Waals surface area (Å²) in [4.78, 5) is 14.1. The minimum Gasteiger partial charge on any atom is -0.480 e. The summed E-state index contributed by atoms with van der Waals surface area (Å²) in [5.74, 6) is -0.417. The maximum atomic E-state index is 11.9. The number of nitrogens with one attached hydrogen (secondary N) is 2. The molecule has 0 radical (unpaired) electrons. The number of rotatable bonds is 3. The first-order chi connectivity index (χ1) is 8.21. The molecule has 2 aliphatic heterocycles. The number of piperazine rings is 1. The van der Waals surface area contributed by atoms with E-state index in [9.17, 15) is 9.90 Å². The largest absolute Gasteiger partial charge is 0.480 e. The highest BCUT2D eigenvalue weighted by molar-refractivity contribution is 5.79. The maximum absolute atomic E-state index is 11.9. The highest BCUT2D eigenvalue weighted by Gasteiger charge is 2.50. The second-order valence-corrected chi connectivity index (χ2v) is 5.03. The van der Waals surface area contributed by atoms with E-state index in [1.165, 1.54) is 0 Å². The van der Waals surface area contributed by atoms with E-state index in [0.29, 0.717) is 0 Å². The van der Waals surface area contributed by atoms with Crippen LogP contribution >= 0.6 is 0 Å². The first kappa shape index (κ1) is 12.8. The molecule has 0 saturated carbocycles. The Bertz CT molecular complexity index is 279. The summed E-state index contributed by atoms with van der Waals surface area (Å²) in [6, 6.07) is 0. The molecule has 2 aliphatic rings. The molecule has 2 saturated heterocycles. The zero-order valence-corrected chi connectivity index (χ0v) is 10.5. The van der Waals surface area contributed by atoms with Crippen LogP contribution in [0.4, 0.5) is 0 Å². The first-order valence-corrected chi connectivity index (χ1v) is 6.61. The van der Waals surface area contributed by atoms with E-state index in [1.54, 1.807) is 0 Å². The summed E-state index contributed by atoms with van der Waals surface area (Å²) in [5.41, 5.74) is -0.637. The number of aliphatic carboxylic acids is 1. The first-order valence-electron chi connectivity index (χ1n) is 6.61. The molecule has 0 aliphatic carbocycles. The van der Waals surface area contributed by atoms with Crippen LogP contribution in [0.15, 0.2) is 0 Å². The Morgan fingerprint density at radius 2 is 2.06 bits per heavy atom. The van der Waals surface area contributed by atoms with Gasteiger partial charge in [-0.15, -0.1) is 0 Å². The van der Waals surface area contributed by atoms with Crippen molar-refractivity contribution in [2.45, 2.75) is 25.3 Å². The molecular weight excluding hydrogens is 218 g/mol. The van der Waals surface area contributed by atoms with Crippen molar-refractivity contribution in [3.05, 3.63) is 0 Å². The van der Waals surface area contributed by atoms with Crippen LogP contribution in [0.5, 0.6) is 0 Å². The Morgan fingerprint density at radius 3 is 2.65 bits per heavy atom. The minimum atomic E-state index is -0.637. The standard InChI is InChI=1S/C12H23N3O2/c1-2-10-9-14-4-3-12(10,11(16)17)15-7-5-13-6-8-15/h10,13-14H,2-9H2,1H3,(H,16,17). The van der Waals surface area contributed by atoms with Crippen molar-refractivity contribution >= 4 is 5.97 Å². The number of carboxylic acids is 1. The van der Waals surface area contributed by atoms with Crippen LogP contribution in [-0.4, -0.2) is 60.8 Å². The Hall–Kier alpha value is -0.650. The highest BCUT2D eigenvalue weighted by Crippen LogP contribution is 2.34. The topological polar surface area (TPSA) is 64.6 Å². The van der Waals surface area contributed by atoms with E-state index in [0.717, 1.165) is 52.1 Å². The highest BCUT2D eigenvalue weighted by atomic mass is 16.4. The molecule has 0 aromatic heterocycles. The average molecular weight is 241 g/mol.